The molecule has 1 fully saturated rings. The van der Waals surface area contributed by atoms with Crippen molar-refractivity contribution in [2.45, 2.75) is 45.3 Å². The number of ether oxygens (including phenoxy) is 1. The zero-order valence-corrected chi connectivity index (χ0v) is 18.3. The number of benzene rings is 1. The lowest BCUT2D eigenvalue weighted by Gasteiger charge is -2.23. The molecule has 0 saturated carbocycles. The SMILES string of the molecule is COC(=O)C(C)(C)NC(=O)C(=O)Nc1c(C)cnn1[C@@H]1CCN(Cc2ccccc2)C1. The van der Waals surface area contributed by atoms with Crippen molar-refractivity contribution in [1.29, 1.82) is 0 Å². The molecule has 1 aromatic heterocycles. The summed E-state index contributed by atoms with van der Waals surface area (Å²) < 4.78 is 6.43. The lowest BCUT2D eigenvalue weighted by Crippen LogP contribution is -2.53. The zero-order chi connectivity index (χ0) is 22.6. The van der Waals surface area contributed by atoms with Crippen molar-refractivity contribution in [2.75, 3.05) is 25.5 Å². The van der Waals surface area contributed by atoms with E-state index in [1.54, 1.807) is 10.9 Å². The number of aromatic nitrogens is 2. The molecule has 9 nitrogen and oxygen atoms in total. The van der Waals surface area contributed by atoms with Crippen molar-refractivity contribution in [3.05, 3.63) is 47.7 Å². The third-order valence-electron chi connectivity index (χ3n) is 5.38. The maximum Gasteiger partial charge on any atom is 0.330 e. The van der Waals surface area contributed by atoms with Crippen molar-refractivity contribution in [1.82, 2.24) is 20.0 Å². The van der Waals surface area contributed by atoms with Gasteiger partial charge in [-0.3, -0.25) is 14.5 Å². The van der Waals surface area contributed by atoms with Crippen LogP contribution in [0, 0.1) is 6.92 Å². The molecular formula is C22H29N5O4. The van der Waals surface area contributed by atoms with Gasteiger partial charge in [-0.05, 0) is 32.8 Å². The Balaban J connectivity index is 1.65. The minimum atomic E-state index is -1.32. The number of nitrogens with one attached hydrogen (secondary N) is 2. The van der Waals surface area contributed by atoms with Crippen LogP contribution in [0.4, 0.5) is 5.82 Å². The number of anilines is 1. The van der Waals surface area contributed by atoms with Crippen LogP contribution in [-0.2, 0) is 25.7 Å². The highest BCUT2D eigenvalue weighted by molar-refractivity contribution is 6.40. The van der Waals surface area contributed by atoms with Crippen LogP contribution in [-0.4, -0.2) is 58.2 Å². The predicted molar refractivity (Wildman–Crippen MR) is 115 cm³/mol. The zero-order valence-electron chi connectivity index (χ0n) is 18.3. The van der Waals surface area contributed by atoms with Crippen LogP contribution in [0.5, 0.6) is 0 Å². The van der Waals surface area contributed by atoms with Gasteiger partial charge in [-0.15, -0.1) is 0 Å². The number of carbonyl (C=O) groups is 3. The molecule has 2 N–H and O–H groups in total. The third-order valence-corrected chi connectivity index (χ3v) is 5.38. The van der Waals surface area contributed by atoms with Crippen LogP contribution < -0.4 is 10.6 Å². The van der Waals surface area contributed by atoms with E-state index < -0.39 is 23.3 Å². The van der Waals surface area contributed by atoms with Gasteiger partial charge < -0.3 is 15.4 Å². The Hall–Kier alpha value is -3.20. The minimum Gasteiger partial charge on any atom is -0.467 e. The summed E-state index contributed by atoms with van der Waals surface area (Å²) in [5.74, 6) is -1.93. The number of hydrogen-bond acceptors (Lipinski definition) is 6. The average Bonchev–Trinajstić information content (AvgIpc) is 3.34. The summed E-state index contributed by atoms with van der Waals surface area (Å²) in [6.07, 6.45) is 2.56. The Kier molecular flexibility index (Phi) is 6.74. The van der Waals surface area contributed by atoms with Crippen molar-refractivity contribution in [3.63, 3.8) is 0 Å². The smallest absolute Gasteiger partial charge is 0.330 e. The van der Waals surface area contributed by atoms with Crippen molar-refractivity contribution < 1.29 is 19.1 Å². The number of hydrogen-bond donors (Lipinski definition) is 2. The second kappa shape index (κ2) is 9.30. The van der Waals surface area contributed by atoms with E-state index in [4.69, 9.17) is 0 Å². The number of methoxy groups -OCH3 is 1. The van der Waals surface area contributed by atoms with Gasteiger partial charge >= 0.3 is 17.8 Å². The van der Waals surface area contributed by atoms with Crippen LogP contribution in [0.1, 0.15) is 37.4 Å². The molecule has 0 radical (unpaired) electrons. The first-order chi connectivity index (χ1) is 14.7. The predicted octanol–water partition coefficient (Wildman–Crippen LogP) is 1.64. The van der Waals surface area contributed by atoms with E-state index in [-0.39, 0.29) is 6.04 Å². The normalized spacial score (nSPS) is 16.7. The van der Waals surface area contributed by atoms with Crippen LogP contribution in [0.25, 0.3) is 0 Å². The van der Waals surface area contributed by atoms with Gasteiger partial charge in [-0.25, -0.2) is 9.48 Å². The molecule has 1 atom stereocenters. The minimum absolute atomic E-state index is 0.0854. The van der Waals surface area contributed by atoms with Gasteiger partial charge in [0.05, 0.1) is 19.3 Å². The van der Waals surface area contributed by atoms with E-state index in [0.29, 0.717) is 5.82 Å². The molecular weight excluding hydrogens is 398 g/mol. The highest BCUT2D eigenvalue weighted by atomic mass is 16.5. The number of carbonyl (C=O) groups excluding carboxylic acids is 3. The van der Waals surface area contributed by atoms with Crippen LogP contribution in [0.2, 0.25) is 0 Å². The van der Waals surface area contributed by atoms with E-state index >= 15 is 0 Å². The van der Waals surface area contributed by atoms with E-state index in [0.717, 1.165) is 31.6 Å². The van der Waals surface area contributed by atoms with Gasteiger partial charge in [0.15, 0.2) is 0 Å². The summed E-state index contributed by atoms with van der Waals surface area (Å²) >= 11 is 0. The van der Waals surface area contributed by atoms with E-state index in [2.05, 4.69) is 37.5 Å². The Labute approximate surface area is 181 Å². The van der Waals surface area contributed by atoms with Crippen molar-refractivity contribution in [3.8, 4) is 0 Å². The first kappa shape index (κ1) is 22.5. The Morgan fingerprint density at radius 2 is 1.90 bits per heavy atom. The number of esters is 1. The molecule has 3 rings (SSSR count). The molecule has 1 saturated heterocycles. The maximum atomic E-state index is 12.5. The van der Waals surface area contributed by atoms with Gasteiger partial charge in [0.2, 0.25) is 0 Å². The van der Waals surface area contributed by atoms with Crippen LogP contribution >= 0.6 is 0 Å². The largest absolute Gasteiger partial charge is 0.467 e. The topological polar surface area (TPSA) is 106 Å². The molecule has 2 heterocycles. The highest BCUT2D eigenvalue weighted by Gasteiger charge is 2.33. The summed E-state index contributed by atoms with van der Waals surface area (Å²) in [4.78, 5) is 38.9. The van der Waals surface area contributed by atoms with Crippen molar-refractivity contribution in [2.24, 2.45) is 0 Å². The lowest BCUT2D eigenvalue weighted by molar-refractivity contribution is -0.150. The summed E-state index contributed by atoms with van der Waals surface area (Å²) in [6.45, 7) is 7.33. The monoisotopic (exact) mass is 427 g/mol. The number of nitrogens with zero attached hydrogens (tertiary/aromatic N) is 3. The fraction of sp³-hybridized carbons (Fsp3) is 0.455. The summed E-state index contributed by atoms with van der Waals surface area (Å²) in [5, 5.41) is 9.49. The van der Waals surface area contributed by atoms with Gasteiger partial charge in [0.25, 0.3) is 0 Å². The molecule has 0 bridgehead atoms. The molecule has 2 aromatic rings. The number of aryl methyl sites for hydroxylation is 1. The molecule has 1 aliphatic heterocycles. The third kappa shape index (κ3) is 5.29. The maximum absolute atomic E-state index is 12.5. The van der Waals surface area contributed by atoms with Gasteiger partial charge in [-0.2, -0.15) is 5.10 Å². The Morgan fingerprint density at radius 1 is 1.19 bits per heavy atom. The van der Waals surface area contributed by atoms with Crippen LogP contribution in [0.3, 0.4) is 0 Å². The summed E-state index contributed by atoms with van der Waals surface area (Å²) in [5.41, 5.74) is 0.690. The Morgan fingerprint density at radius 3 is 2.58 bits per heavy atom. The average molecular weight is 428 g/mol. The Bertz CT molecular complexity index is 954. The molecule has 1 aliphatic rings. The van der Waals surface area contributed by atoms with E-state index in [1.165, 1.54) is 26.5 Å². The molecule has 166 valence electrons. The standard InChI is InChI=1S/C22H29N5O4/c1-15-12-23-27(17-10-11-26(14-17)13-16-8-6-5-7-9-16)18(15)24-19(28)20(29)25-22(2,3)21(30)31-4/h5-9,12,17H,10-11,13-14H2,1-4H3,(H,24,28)(H,25,29)/t17-/m1/s1. The van der Waals surface area contributed by atoms with E-state index in [1.807, 2.05) is 25.1 Å². The first-order valence-electron chi connectivity index (χ1n) is 10.2. The molecule has 0 spiro atoms. The molecule has 0 aliphatic carbocycles. The number of likely N-dealkylation sites (tertiary alicyclic amines) is 1. The molecule has 1 aromatic carbocycles. The van der Waals surface area contributed by atoms with E-state index in [9.17, 15) is 14.4 Å². The summed E-state index contributed by atoms with van der Waals surface area (Å²) in [6, 6.07) is 10.3. The van der Waals surface area contributed by atoms with Crippen molar-refractivity contribution >= 4 is 23.6 Å². The fourth-order valence-corrected chi connectivity index (χ4v) is 3.69. The molecule has 31 heavy (non-hydrogen) atoms. The quantitative estimate of drug-likeness (QED) is 0.536. The number of rotatable bonds is 6. The molecule has 9 heteroatoms. The second-order valence-electron chi connectivity index (χ2n) is 8.31. The highest BCUT2D eigenvalue weighted by Crippen LogP contribution is 2.27. The second-order valence-corrected chi connectivity index (χ2v) is 8.31. The molecule has 2 amide bonds. The number of amides is 2. The van der Waals surface area contributed by atoms with Crippen LogP contribution in [0.15, 0.2) is 36.5 Å². The first-order valence-corrected chi connectivity index (χ1v) is 10.2. The van der Waals surface area contributed by atoms with Gasteiger partial charge in [0.1, 0.15) is 11.4 Å². The van der Waals surface area contributed by atoms with Gasteiger partial charge in [0, 0.05) is 25.2 Å². The lowest BCUT2D eigenvalue weighted by atomic mass is 10.1. The fourth-order valence-electron chi connectivity index (χ4n) is 3.69. The molecule has 0 unspecified atom stereocenters. The van der Waals surface area contributed by atoms with Gasteiger partial charge in [-0.1, -0.05) is 30.3 Å². The summed E-state index contributed by atoms with van der Waals surface area (Å²) in [7, 11) is 1.22.